The van der Waals surface area contributed by atoms with E-state index >= 15 is 0 Å². The second-order valence-corrected chi connectivity index (χ2v) is 9.74. The van der Waals surface area contributed by atoms with Crippen LogP contribution in [0.1, 0.15) is 24.3 Å². The Morgan fingerprint density at radius 3 is 2.53 bits per heavy atom. The topological polar surface area (TPSA) is 88.4 Å². The van der Waals surface area contributed by atoms with Crippen LogP contribution in [0.2, 0.25) is 0 Å². The fourth-order valence-corrected chi connectivity index (χ4v) is 5.13. The van der Waals surface area contributed by atoms with Crippen LogP contribution in [0, 0.1) is 0 Å². The average molecular weight is 441 g/mol. The molecule has 154 valence electrons. The van der Waals surface area contributed by atoms with Crippen molar-refractivity contribution in [3.63, 3.8) is 0 Å². The van der Waals surface area contributed by atoms with E-state index in [4.69, 9.17) is 4.42 Å². The Bertz CT molecular complexity index is 1230. The molecule has 30 heavy (non-hydrogen) atoms. The predicted octanol–water partition coefficient (Wildman–Crippen LogP) is 4.72. The molecule has 0 aliphatic carbocycles. The molecular weight excluding hydrogens is 420 g/mol. The van der Waals surface area contributed by atoms with Gasteiger partial charge in [0.1, 0.15) is 15.6 Å². The number of anilines is 1. The van der Waals surface area contributed by atoms with E-state index in [1.807, 2.05) is 37.3 Å². The van der Waals surface area contributed by atoms with Gasteiger partial charge in [0.2, 0.25) is 5.91 Å². The number of fused-ring (bicyclic) bond motifs is 1. The average Bonchev–Trinajstić information content (AvgIpc) is 3.39. The van der Waals surface area contributed by atoms with Gasteiger partial charge in [0.15, 0.2) is 0 Å². The van der Waals surface area contributed by atoms with E-state index in [2.05, 4.69) is 10.0 Å². The molecule has 4 aromatic rings. The summed E-state index contributed by atoms with van der Waals surface area (Å²) in [7, 11) is -3.58. The maximum absolute atomic E-state index is 12.4. The zero-order valence-corrected chi connectivity index (χ0v) is 17.8. The largest absolute Gasteiger partial charge is 0.459 e. The first-order valence-corrected chi connectivity index (χ1v) is 11.7. The summed E-state index contributed by atoms with van der Waals surface area (Å²) in [5.74, 6) is 0.553. The number of hydrogen-bond acceptors (Lipinski definition) is 5. The minimum Gasteiger partial charge on any atom is -0.459 e. The molecule has 0 radical (unpaired) electrons. The summed E-state index contributed by atoms with van der Waals surface area (Å²) in [5.41, 5.74) is 2.01. The molecule has 2 N–H and O–H groups in total. The van der Waals surface area contributed by atoms with Crippen LogP contribution in [0.5, 0.6) is 0 Å². The summed E-state index contributed by atoms with van der Waals surface area (Å²) in [6.45, 7) is 1.87. The Hall–Kier alpha value is -3.10. The van der Waals surface area contributed by atoms with Crippen molar-refractivity contribution >= 4 is 43.9 Å². The van der Waals surface area contributed by atoms with Crippen LogP contribution >= 0.6 is 11.3 Å². The Morgan fingerprint density at radius 2 is 1.83 bits per heavy atom. The number of rotatable bonds is 7. The zero-order chi connectivity index (χ0) is 21.1. The van der Waals surface area contributed by atoms with Crippen molar-refractivity contribution in [2.75, 3.05) is 4.72 Å². The number of carbonyl (C=O) groups excluding carboxylic acids is 1. The molecule has 0 aliphatic heterocycles. The Balaban J connectivity index is 1.36. The molecule has 0 bridgehead atoms. The van der Waals surface area contributed by atoms with E-state index in [1.165, 1.54) is 0 Å². The van der Waals surface area contributed by atoms with Gasteiger partial charge in [-0.05, 0) is 48.2 Å². The van der Waals surface area contributed by atoms with Crippen molar-refractivity contribution in [1.82, 2.24) is 5.32 Å². The Morgan fingerprint density at radius 1 is 1.07 bits per heavy atom. The summed E-state index contributed by atoms with van der Waals surface area (Å²) in [6, 6.07) is 19.4. The van der Waals surface area contributed by atoms with Gasteiger partial charge in [0, 0.05) is 11.1 Å². The van der Waals surface area contributed by atoms with Crippen LogP contribution in [-0.4, -0.2) is 14.3 Å². The van der Waals surface area contributed by atoms with Crippen LogP contribution in [0.25, 0.3) is 11.0 Å². The molecule has 0 spiro atoms. The molecule has 0 saturated heterocycles. The lowest BCUT2D eigenvalue weighted by atomic mass is 10.1. The highest BCUT2D eigenvalue weighted by Gasteiger charge is 2.16. The Labute approximate surface area is 178 Å². The van der Waals surface area contributed by atoms with E-state index in [0.717, 1.165) is 27.9 Å². The fraction of sp³-hybridized carbons (Fsp3) is 0.136. The number of furan rings is 1. The molecule has 0 aliphatic rings. The monoisotopic (exact) mass is 440 g/mol. The summed E-state index contributed by atoms with van der Waals surface area (Å²) < 4.78 is 33.1. The first kappa shape index (κ1) is 20.2. The van der Waals surface area contributed by atoms with E-state index in [9.17, 15) is 13.2 Å². The van der Waals surface area contributed by atoms with Crippen molar-refractivity contribution in [1.29, 1.82) is 0 Å². The number of benzene rings is 2. The molecule has 0 fully saturated rings. The van der Waals surface area contributed by atoms with E-state index in [1.54, 1.807) is 41.8 Å². The third-order valence-electron chi connectivity index (χ3n) is 4.58. The lowest BCUT2D eigenvalue weighted by molar-refractivity contribution is -0.121. The molecule has 0 saturated carbocycles. The molecule has 4 rings (SSSR count). The number of hydrogen-bond donors (Lipinski definition) is 2. The molecule has 2 aromatic heterocycles. The second-order valence-electron chi connectivity index (χ2n) is 6.89. The normalized spacial score (nSPS) is 12.6. The number of sulfonamides is 1. The van der Waals surface area contributed by atoms with E-state index in [-0.39, 0.29) is 22.6 Å². The van der Waals surface area contributed by atoms with E-state index in [0.29, 0.717) is 11.4 Å². The van der Waals surface area contributed by atoms with Crippen LogP contribution < -0.4 is 10.0 Å². The first-order chi connectivity index (χ1) is 14.4. The van der Waals surface area contributed by atoms with E-state index < -0.39 is 10.0 Å². The molecular formula is C22H20N2O4S2. The number of nitrogens with one attached hydrogen (secondary N) is 2. The predicted molar refractivity (Wildman–Crippen MR) is 118 cm³/mol. The fourth-order valence-electron chi connectivity index (χ4n) is 3.08. The van der Waals surface area contributed by atoms with Crippen molar-refractivity contribution in [2.24, 2.45) is 0 Å². The highest BCUT2D eigenvalue weighted by Crippen LogP contribution is 2.24. The zero-order valence-electron chi connectivity index (χ0n) is 16.2. The Kier molecular flexibility index (Phi) is 5.61. The summed E-state index contributed by atoms with van der Waals surface area (Å²) in [4.78, 5) is 12.4. The van der Waals surface area contributed by atoms with Crippen LogP contribution in [0.15, 0.2) is 80.7 Å². The van der Waals surface area contributed by atoms with Crippen molar-refractivity contribution in [3.8, 4) is 0 Å². The van der Waals surface area contributed by atoms with Gasteiger partial charge in [-0.25, -0.2) is 8.42 Å². The third kappa shape index (κ3) is 4.55. The van der Waals surface area contributed by atoms with Gasteiger partial charge >= 0.3 is 0 Å². The number of carbonyl (C=O) groups is 1. The molecule has 8 heteroatoms. The molecule has 2 aromatic carbocycles. The van der Waals surface area contributed by atoms with Gasteiger partial charge in [0.25, 0.3) is 10.0 Å². The lowest BCUT2D eigenvalue weighted by Crippen LogP contribution is -2.27. The van der Waals surface area contributed by atoms with Crippen LogP contribution in [0.3, 0.4) is 0 Å². The minimum atomic E-state index is -3.58. The molecule has 1 unspecified atom stereocenters. The van der Waals surface area contributed by atoms with Crippen molar-refractivity contribution in [2.45, 2.75) is 23.6 Å². The minimum absolute atomic E-state index is 0.144. The number of para-hydroxylation sites is 1. The lowest BCUT2D eigenvalue weighted by Gasteiger charge is -2.12. The SMILES string of the molecule is CC(NC(=O)Cc1ccc(NS(=O)(=O)c2cccs2)cc1)c1cc2ccccc2o1. The standard InChI is InChI=1S/C22H20N2O4S2/c1-15(20-14-17-5-2-3-6-19(17)28-20)23-21(25)13-16-8-10-18(11-9-16)24-30(26,27)22-7-4-12-29-22/h2-12,14-15,24H,13H2,1H3,(H,23,25). The van der Waals surface area contributed by atoms with Crippen LogP contribution in [-0.2, 0) is 21.2 Å². The van der Waals surface area contributed by atoms with Gasteiger partial charge in [-0.2, -0.15) is 0 Å². The third-order valence-corrected chi connectivity index (χ3v) is 7.36. The summed E-state index contributed by atoms with van der Waals surface area (Å²) >= 11 is 1.15. The van der Waals surface area contributed by atoms with Gasteiger partial charge in [-0.15, -0.1) is 11.3 Å². The van der Waals surface area contributed by atoms with Gasteiger partial charge in [-0.1, -0.05) is 36.4 Å². The highest BCUT2D eigenvalue weighted by molar-refractivity contribution is 7.94. The molecule has 1 atom stereocenters. The molecule has 1 amide bonds. The highest BCUT2D eigenvalue weighted by atomic mass is 32.2. The smallest absolute Gasteiger partial charge is 0.271 e. The van der Waals surface area contributed by atoms with Crippen molar-refractivity contribution < 1.29 is 17.6 Å². The number of amides is 1. The number of thiophene rings is 1. The maximum Gasteiger partial charge on any atom is 0.271 e. The van der Waals surface area contributed by atoms with Gasteiger partial charge < -0.3 is 9.73 Å². The molecule has 6 nitrogen and oxygen atoms in total. The first-order valence-electron chi connectivity index (χ1n) is 9.34. The summed E-state index contributed by atoms with van der Waals surface area (Å²) in [6.07, 6.45) is 0.183. The van der Waals surface area contributed by atoms with Gasteiger partial charge in [-0.3, -0.25) is 9.52 Å². The second kappa shape index (κ2) is 8.33. The quantitative estimate of drug-likeness (QED) is 0.435. The van der Waals surface area contributed by atoms with Crippen molar-refractivity contribution in [3.05, 3.63) is 83.4 Å². The van der Waals surface area contributed by atoms with Gasteiger partial charge in [0.05, 0.1) is 12.5 Å². The maximum atomic E-state index is 12.4. The summed E-state index contributed by atoms with van der Waals surface area (Å²) in [5, 5.41) is 5.64. The van der Waals surface area contributed by atoms with Crippen LogP contribution in [0.4, 0.5) is 5.69 Å². The molecule has 2 heterocycles.